The molecule has 1 amide bonds. The number of nitrogens with zero attached hydrogens (tertiary/aromatic N) is 7. The second-order valence-corrected chi connectivity index (χ2v) is 21.4. The highest BCUT2D eigenvalue weighted by Gasteiger charge is 2.40. The van der Waals surface area contributed by atoms with Crippen LogP contribution in [0.4, 0.5) is 10.6 Å². The first-order chi connectivity index (χ1) is 24.3. The van der Waals surface area contributed by atoms with Gasteiger partial charge < -0.3 is 23.7 Å². The molecule has 1 atom stereocenters. The number of fused-ring (bicyclic) bond motifs is 1. The zero-order valence-corrected chi connectivity index (χ0v) is 34.7. The van der Waals surface area contributed by atoms with Crippen molar-refractivity contribution >= 4 is 43.4 Å². The van der Waals surface area contributed by atoms with Gasteiger partial charge in [0.25, 0.3) is 0 Å². The summed E-state index contributed by atoms with van der Waals surface area (Å²) >= 11 is 13.6. The summed E-state index contributed by atoms with van der Waals surface area (Å²) in [5, 5.41) is 5.40. The summed E-state index contributed by atoms with van der Waals surface area (Å²) in [7, 11) is -0.533. The maximum absolute atomic E-state index is 12.9. The van der Waals surface area contributed by atoms with E-state index in [-0.39, 0.29) is 18.2 Å². The molecule has 0 spiro atoms. The Morgan fingerprint density at radius 1 is 1.06 bits per heavy atom. The molecule has 0 bridgehead atoms. The van der Waals surface area contributed by atoms with Gasteiger partial charge >= 0.3 is 6.09 Å². The molecule has 280 valence electrons. The minimum Gasteiger partial charge on any atom is -0.491 e. The lowest BCUT2D eigenvalue weighted by Gasteiger charge is -2.40. The van der Waals surface area contributed by atoms with E-state index >= 15 is 0 Å². The Hall–Kier alpha value is -3.71. The maximum atomic E-state index is 12.9. The molecule has 11 nitrogen and oxygen atoms in total. The van der Waals surface area contributed by atoms with Crippen molar-refractivity contribution in [2.45, 2.75) is 105 Å². The van der Waals surface area contributed by atoms with Gasteiger partial charge in [0.1, 0.15) is 29.5 Å². The van der Waals surface area contributed by atoms with Gasteiger partial charge in [-0.3, -0.25) is 9.67 Å². The fraction of sp³-hybridized carbons (Fsp3) is 0.500. The van der Waals surface area contributed by atoms with E-state index in [4.69, 9.17) is 47.1 Å². The Morgan fingerprint density at radius 2 is 1.79 bits per heavy atom. The molecule has 1 aliphatic rings. The van der Waals surface area contributed by atoms with Gasteiger partial charge in [-0.05, 0) is 82.6 Å². The average molecular weight is 769 g/mol. The molecule has 1 aromatic carbocycles. The smallest absolute Gasteiger partial charge is 0.410 e. The molecule has 0 saturated carbocycles. The Morgan fingerprint density at radius 3 is 2.44 bits per heavy atom. The van der Waals surface area contributed by atoms with E-state index in [2.05, 4.69) is 54.9 Å². The number of hydrogen-bond donors (Lipinski definition) is 0. The fourth-order valence-electron chi connectivity index (χ4n) is 5.74. The normalized spacial score (nSPS) is 14.0. The van der Waals surface area contributed by atoms with Gasteiger partial charge in [-0.1, -0.05) is 50.0 Å². The third-order valence-electron chi connectivity index (χ3n) is 9.49. The van der Waals surface area contributed by atoms with Gasteiger partial charge in [0.15, 0.2) is 14.1 Å². The van der Waals surface area contributed by atoms with Crippen LogP contribution in [0, 0.1) is 6.92 Å². The molecule has 5 rings (SSSR count). The van der Waals surface area contributed by atoms with Crippen LogP contribution in [0.5, 0.6) is 5.75 Å². The predicted molar refractivity (Wildman–Crippen MR) is 210 cm³/mol. The third kappa shape index (κ3) is 8.90. The number of carbonyl (C=O) groups excluding carboxylic acids is 1. The van der Waals surface area contributed by atoms with Crippen molar-refractivity contribution < 1.29 is 18.7 Å². The molecule has 0 aliphatic carbocycles. The molecule has 14 heteroatoms. The minimum atomic E-state index is -2.25. The lowest BCUT2D eigenvalue weighted by molar-refractivity contribution is 0.0172. The van der Waals surface area contributed by atoms with Crippen LogP contribution in [-0.4, -0.2) is 75.9 Å². The molecule has 3 aromatic heterocycles. The van der Waals surface area contributed by atoms with Gasteiger partial charge in [0.05, 0.1) is 46.8 Å². The molecule has 0 N–H and O–H groups in total. The Balaban J connectivity index is 1.50. The van der Waals surface area contributed by atoms with Crippen LogP contribution in [0.3, 0.4) is 0 Å². The van der Waals surface area contributed by atoms with E-state index in [1.54, 1.807) is 24.2 Å². The molecular formula is C38H51Cl2N7O4Si. The number of anilines is 1. The van der Waals surface area contributed by atoms with Crippen molar-refractivity contribution in [2.24, 2.45) is 0 Å². The lowest BCUT2D eigenvalue weighted by atomic mass is 10.1. The van der Waals surface area contributed by atoms with Crippen LogP contribution in [-0.2, 0) is 28.8 Å². The number of hydrogen-bond acceptors (Lipinski definition) is 9. The highest BCUT2D eigenvalue weighted by Crippen LogP contribution is 2.40. The average Bonchev–Trinajstić information content (AvgIpc) is 3.66. The van der Waals surface area contributed by atoms with Crippen molar-refractivity contribution in [3.8, 4) is 28.5 Å². The molecule has 0 fully saturated rings. The first kappa shape index (κ1) is 39.5. The van der Waals surface area contributed by atoms with Gasteiger partial charge in [-0.15, -0.1) is 0 Å². The number of benzene rings is 1. The monoisotopic (exact) mass is 767 g/mol. The standard InChI is InChI=1S/C38H51Cl2N7O4Si/c1-12-47-33(30(40)19-42-47)32-24(2)35(46-20-25-14-13-17-41-31(25)22-46)44-34(43-32)28-18-26(15-16-29(28)39)49-23-27(51-52(10,11)38(6,7)8)21-45(9)36(48)50-37(3,4)5/h13-19,27H,12,20-23H2,1-11H3/t27-/m1/s1. The zero-order valence-electron chi connectivity index (χ0n) is 32.2. The summed E-state index contributed by atoms with van der Waals surface area (Å²) in [6.45, 7) is 22.8. The minimum absolute atomic E-state index is 0.0514. The number of carbonyl (C=O) groups is 1. The number of amides is 1. The number of likely N-dealkylation sites (N-methyl/N-ethyl adjacent to an activating group) is 1. The molecule has 1 aliphatic heterocycles. The van der Waals surface area contributed by atoms with Crippen LogP contribution < -0.4 is 9.64 Å². The molecule has 0 radical (unpaired) electrons. The van der Waals surface area contributed by atoms with E-state index in [9.17, 15) is 4.79 Å². The first-order valence-electron chi connectivity index (χ1n) is 17.6. The topological polar surface area (TPSA) is 108 Å². The Labute approximate surface area is 318 Å². The number of pyridine rings is 1. The molecular weight excluding hydrogens is 717 g/mol. The molecule has 52 heavy (non-hydrogen) atoms. The lowest BCUT2D eigenvalue weighted by Crippen LogP contribution is -2.49. The van der Waals surface area contributed by atoms with Gasteiger partial charge in [-0.2, -0.15) is 5.10 Å². The van der Waals surface area contributed by atoms with E-state index in [1.165, 1.54) is 0 Å². The summed E-state index contributed by atoms with van der Waals surface area (Å²) in [6, 6.07) is 9.49. The summed E-state index contributed by atoms with van der Waals surface area (Å²) in [6.07, 6.45) is 2.61. The fourth-order valence-corrected chi connectivity index (χ4v) is 7.51. The van der Waals surface area contributed by atoms with Gasteiger partial charge in [-0.25, -0.2) is 14.8 Å². The van der Waals surface area contributed by atoms with E-state index in [0.29, 0.717) is 58.2 Å². The molecule has 0 unspecified atom stereocenters. The number of halogens is 2. The highest BCUT2D eigenvalue weighted by molar-refractivity contribution is 6.74. The predicted octanol–water partition coefficient (Wildman–Crippen LogP) is 9.19. The molecule has 0 saturated heterocycles. The quantitative estimate of drug-likeness (QED) is 0.138. The van der Waals surface area contributed by atoms with E-state index in [1.807, 2.05) is 63.7 Å². The third-order valence-corrected chi connectivity index (χ3v) is 14.6. The number of aromatic nitrogens is 5. The first-order valence-corrected chi connectivity index (χ1v) is 21.3. The van der Waals surface area contributed by atoms with Crippen LogP contribution in [0.25, 0.3) is 22.8 Å². The van der Waals surface area contributed by atoms with Crippen molar-refractivity contribution in [3.63, 3.8) is 0 Å². The highest BCUT2D eigenvalue weighted by atomic mass is 35.5. The largest absolute Gasteiger partial charge is 0.491 e. The molecule has 4 aromatic rings. The van der Waals surface area contributed by atoms with E-state index in [0.717, 1.165) is 22.6 Å². The molecule has 4 heterocycles. The summed E-state index contributed by atoms with van der Waals surface area (Å²) < 4.78 is 20.7. The van der Waals surface area contributed by atoms with Crippen molar-refractivity contribution in [1.29, 1.82) is 0 Å². The van der Waals surface area contributed by atoms with Crippen LogP contribution in [0.15, 0.2) is 42.7 Å². The van der Waals surface area contributed by atoms with Crippen LogP contribution in [0.1, 0.15) is 65.3 Å². The number of ether oxygens (including phenoxy) is 2. The Kier molecular flexibility index (Phi) is 11.6. The Bertz CT molecular complexity index is 1900. The van der Waals surface area contributed by atoms with E-state index < -0.39 is 26.1 Å². The van der Waals surface area contributed by atoms with Crippen LogP contribution in [0.2, 0.25) is 28.2 Å². The maximum Gasteiger partial charge on any atom is 0.410 e. The van der Waals surface area contributed by atoms with Crippen LogP contribution >= 0.6 is 23.2 Å². The number of rotatable bonds is 11. The summed E-state index contributed by atoms with van der Waals surface area (Å²) in [5.41, 5.74) is 4.40. The van der Waals surface area contributed by atoms with Gasteiger partial charge in [0.2, 0.25) is 0 Å². The summed E-state index contributed by atoms with van der Waals surface area (Å²) in [4.78, 5) is 31.5. The van der Waals surface area contributed by atoms with Gasteiger partial charge in [0, 0.05) is 37.5 Å². The van der Waals surface area contributed by atoms with Crippen molar-refractivity contribution in [3.05, 3.63) is 69.6 Å². The SMILES string of the molecule is CCn1ncc(Cl)c1-c1nc(-c2cc(OC[C@@H](CN(C)C(=O)OC(C)(C)C)O[Si](C)(C)C(C)(C)C)ccc2Cl)nc(N2Cc3cccnc3C2)c1C. The second-order valence-electron chi connectivity index (χ2n) is 15.8. The van der Waals surface area contributed by atoms with Crippen molar-refractivity contribution in [1.82, 2.24) is 29.6 Å². The van der Waals surface area contributed by atoms with Crippen molar-refractivity contribution in [2.75, 3.05) is 25.1 Å². The second kappa shape index (κ2) is 15.3. The zero-order chi connectivity index (χ0) is 38.2. The number of aryl methyl sites for hydroxylation is 1. The summed E-state index contributed by atoms with van der Waals surface area (Å²) in [5.74, 6) is 1.74.